The molecule has 0 aliphatic heterocycles. The molecule has 0 aliphatic carbocycles. The Bertz CT molecular complexity index is 424. The maximum absolute atomic E-state index is 10.4. The van der Waals surface area contributed by atoms with Gasteiger partial charge in [-0.05, 0) is 31.9 Å². The second-order valence-corrected chi connectivity index (χ2v) is 4.26. The fourth-order valence-electron chi connectivity index (χ4n) is 1.77. The monoisotopic (exact) mass is 234 g/mol. The summed E-state index contributed by atoms with van der Waals surface area (Å²) < 4.78 is 5.62. The van der Waals surface area contributed by atoms with Gasteiger partial charge in [-0.3, -0.25) is 4.79 Å². The minimum atomic E-state index is -0.841. The highest BCUT2D eigenvalue weighted by Gasteiger charge is 2.08. The number of ether oxygens (including phenoxy) is 1. The summed E-state index contributed by atoms with van der Waals surface area (Å²) in [5, 5.41) is 8.58. The van der Waals surface area contributed by atoms with Crippen LogP contribution in [0.5, 0.6) is 5.75 Å². The van der Waals surface area contributed by atoms with Crippen molar-refractivity contribution in [2.24, 2.45) is 0 Å². The van der Waals surface area contributed by atoms with Crippen LogP contribution in [0.2, 0.25) is 0 Å². The first-order valence-electron chi connectivity index (χ1n) is 5.55. The zero-order valence-electron chi connectivity index (χ0n) is 10.5. The maximum Gasteiger partial charge on any atom is 0.303 e. The molecule has 0 unspecified atom stereocenters. The van der Waals surface area contributed by atoms with Crippen molar-refractivity contribution in [3.05, 3.63) is 41.2 Å². The summed E-state index contributed by atoms with van der Waals surface area (Å²) in [6.07, 6.45) is 0.380. The molecular weight excluding hydrogens is 216 g/mol. The van der Waals surface area contributed by atoms with E-state index >= 15 is 0 Å². The van der Waals surface area contributed by atoms with Crippen LogP contribution in [0.15, 0.2) is 24.5 Å². The summed E-state index contributed by atoms with van der Waals surface area (Å²) >= 11 is 0. The zero-order valence-corrected chi connectivity index (χ0v) is 10.5. The van der Waals surface area contributed by atoms with Crippen LogP contribution in [0, 0.1) is 20.8 Å². The Labute approximate surface area is 102 Å². The molecule has 0 atom stereocenters. The van der Waals surface area contributed by atoms with Crippen molar-refractivity contribution in [2.75, 3.05) is 0 Å². The van der Waals surface area contributed by atoms with Crippen molar-refractivity contribution in [1.82, 2.24) is 0 Å². The van der Waals surface area contributed by atoms with Crippen molar-refractivity contribution in [1.29, 1.82) is 0 Å². The van der Waals surface area contributed by atoms with Crippen molar-refractivity contribution < 1.29 is 14.6 Å². The van der Waals surface area contributed by atoms with Gasteiger partial charge in [-0.25, -0.2) is 0 Å². The average molecular weight is 234 g/mol. The second-order valence-electron chi connectivity index (χ2n) is 4.26. The number of allylic oxidation sites excluding steroid dienone is 1. The van der Waals surface area contributed by atoms with E-state index in [4.69, 9.17) is 9.84 Å². The van der Waals surface area contributed by atoms with Gasteiger partial charge >= 0.3 is 5.97 Å². The van der Waals surface area contributed by atoms with Crippen molar-refractivity contribution in [3.8, 4) is 5.75 Å². The predicted molar refractivity (Wildman–Crippen MR) is 67.3 cm³/mol. The summed E-state index contributed by atoms with van der Waals surface area (Å²) in [6.45, 7) is 9.72. The molecular formula is C14H18O3. The lowest BCUT2D eigenvalue weighted by molar-refractivity contribution is -0.137. The van der Waals surface area contributed by atoms with Crippen LogP contribution in [0.4, 0.5) is 0 Å². The molecule has 17 heavy (non-hydrogen) atoms. The van der Waals surface area contributed by atoms with Crippen LogP contribution in [-0.2, 0) is 4.79 Å². The summed E-state index contributed by atoms with van der Waals surface area (Å²) in [7, 11) is 0. The molecule has 0 amide bonds. The Hall–Kier alpha value is -1.77. The van der Waals surface area contributed by atoms with Gasteiger partial charge < -0.3 is 9.84 Å². The molecule has 0 heterocycles. The fourth-order valence-corrected chi connectivity index (χ4v) is 1.77. The third-order valence-corrected chi connectivity index (χ3v) is 2.47. The number of aliphatic carboxylic acids is 1. The minimum Gasteiger partial charge on any atom is -0.481 e. The van der Waals surface area contributed by atoms with E-state index < -0.39 is 5.97 Å². The lowest BCUT2D eigenvalue weighted by Crippen LogP contribution is -2.02. The molecule has 3 nitrogen and oxygen atoms in total. The molecule has 1 rings (SSSR count). The van der Waals surface area contributed by atoms with Gasteiger partial charge in [-0.1, -0.05) is 24.3 Å². The molecule has 1 aromatic carbocycles. The second kappa shape index (κ2) is 5.53. The van der Waals surface area contributed by atoms with Gasteiger partial charge in [0.25, 0.3) is 0 Å². The topological polar surface area (TPSA) is 46.5 Å². The van der Waals surface area contributed by atoms with Crippen LogP contribution in [-0.4, -0.2) is 11.1 Å². The highest BCUT2D eigenvalue weighted by molar-refractivity contribution is 5.66. The number of benzene rings is 1. The number of hydrogen-bond acceptors (Lipinski definition) is 2. The zero-order chi connectivity index (χ0) is 13.0. The van der Waals surface area contributed by atoms with E-state index in [9.17, 15) is 4.79 Å². The van der Waals surface area contributed by atoms with E-state index in [0.717, 1.165) is 16.9 Å². The molecule has 0 radical (unpaired) electrons. The highest BCUT2D eigenvalue weighted by Crippen LogP contribution is 2.26. The molecule has 0 saturated carbocycles. The lowest BCUT2D eigenvalue weighted by Gasteiger charge is -2.14. The molecule has 0 spiro atoms. The van der Waals surface area contributed by atoms with Gasteiger partial charge in [-0.15, -0.1) is 0 Å². The van der Waals surface area contributed by atoms with Gasteiger partial charge in [0.2, 0.25) is 0 Å². The molecule has 92 valence electrons. The molecule has 0 bridgehead atoms. The van der Waals surface area contributed by atoms with E-state index in [1.165, 1.54) is 5.56 Å². The van der Waals surface area contributed by atoms with Crippen LogP contribution >= 0.6 is 0 Å². The van der Waals surface area contributed by atoms with Crippen LogP contribution in [0.3, 0.4) is 0 Å². The van der Waals surface area contributed by atoms with Crippen molar-refractivity contribution >= 4 is 5.97 Å². The molecule has 3 heteroatoms. The molecule has 1 N–H and O–H groups in total. The van der Waals surface area contributed by atoms with Crippen LogP contribution in [0.1, 0.15) is 29.5 Å². The molecule has 0 saturated heterocycles. The number of carboxylic acid groups (broad SMARTS) is 1. The highest BCUT2D eigenvalue weighted by atomic mass is 16.5. The standard InChI is InChI=1S/C14H18O3/c1-9-7-10(2)14(11(3)8-9)17-12(4)5-6-13(15)16/h7-8H,4-6H2,1-3H3,(H,15,16). The SMILES string of the molecule is C=C(CCC(=O)O)Oc1c(C)cc(C)cc1C. The van der Waals surface area contributed by atoms with Crippen molar-refractivity contribution in [2.45, 2.75) is 33.6 Å². The summed E-state index contributed by atoms with van der Waals surface area (Å²) in [4.78, 5) is 10.4. The van der Waals surface area contributed by atoms with E-state index in [-0.39, 0.29) is 6.42 Å². The van der Waals surface area contributed by atoms with Gasteiger partial charge in [0, 0.05) is 6.42 Å². The normalized spacial score (nSPS) is 10.1. The van der Waals surface area contributed by atoms with E-state index in [1.54, 1.807) is 0 Å². The first-order chi connectivity index (χ1) is 7.90. The first kappa shape index (κ1) is 13.3. The molecule has 0 fully saturated rings. The number of carbonyl (C=O) groups is 1. The lowest BCUT2D eigenvalue weighted by atomic mass is 10.1. The van der Waals surface area contributed by atoms with E-state index in [2.05, 4.69) is 6.58 Å². The largest absolute Gasteiger partial charge is 0.481 e. The number of carboxylic acids is 1. The fraction of sp³-hybridized carbons (Fsp3) is 0.357. The summed E-state index contributed by atoms with van der Waals surface area (Å²) in [5.41, 5.74) is 3.27. The Morgan fingerprint density at radius 1 is 1.24 bits per heavy atom. The van der Waals surface area contributed by atoms with Crippen LogP contribution < -0.4 is 4.74 Å². The van der Waals surface area contributed by atoms with Crippen LogP contribution in [0.25, 0.3) is 0 Å². The Morgan fingerprint density at radius 3 is 2.24 bits per heavy atom. The first-order valence-corrected chi connectivity index (χ1v) is 5.55. The third kappa shape index (κ3) is 3.94. The minimum absolute atomic E-state index is 0.0444. The van der Waals surface area contributed by atoms with Gasteiger partial charge in [0.1, 0.15) is 5.75 Å². The van der Waals surface area contributed by atoms with Gasteiger partial charge in [0.15, 0.2) is 0 Å². The summed E-state index contributed by atoms with van der Waals surface area (Å²) in [6, 6.07) is 4.07. The quantitative estimate of drug-likeness (QED) is 0.794. The van der Waals surface area contributed by atoms with Gasteiger partial charge in [0.05, 0.1) is 12.2 Å². The van der Waals surface area contributed by atoms with E-state index in [0.29, 0.717) is 12.2 Å². The smallest absolute Gasteiger partial charge is 0.303 e. The molecule has 1 aromatic rings. The Balaban J connectivity index is 2.75. The average Bonchev–Trinajstić information content (AvgIpc) is 2.20. The van der Waals surface area contributed by atoms with E-state index in [1.807, 2.05) is 32.9 Å². The molecule has 0 aromatic heterocycles. The molecule has 0 aliphatic rings. The third-order valence-electron chi connectivity index (χ3n) is 2.47. The number of hydrogen-bond donors (Lipinski definition) is 1. The predicted octanol–water partition coefficient (Wildman–Crippen LogP) is 3.37. The number of rotatable bonds is 5. The van der Waals surface area contributed by atoms with Crippen molar-refractivity contribution in [3.63, 3.8) is 0 Å². The number of aryl methyl sites for hydroxylation is 3. The van der Waals surface area contributed by atoms with Gasteiger partial charge in [-0.2, -0.15) is 0 Å². The summed E-state index contributed by atoms with van der Waals surface area (Å²) in [5.74, 6) is 0.431. The Morgan fingerprint density at radius 2 is 1.76 bits per heavy atom. The Kier molecular flexibility index (Phi) is 4.32. The maximum atomic E-state index is 10.4.